The fourth-order valence-corrected chi connectivity index (χ4v) is 5.28. The van der Waals surface area contributed by atoms with Crippen LogP contribution in [-0.2, 0) is 7.05 Å². The Bertz CT molecular complexity index is 1490. The molecule has 0 N–H and O–H groups in total. The Morgan fingerprint density at radius 2 is 1.61 bits per heavy atom. The van der Waals surface area contributed by atoms with Crippen molar-refractivity contribution in [1.82, 2.24) is 14.5 Å². The molecule has 38 heavy (non-hydrogen) atoms. The van der Waals surface area contributed by atoms with Crippen molar-refractivity contribution in [2.75, 3.05) is 24.5 Å². The van der Waals surface area contributed by atoms with E-state index in [1.165, 1.54) is 24.3 Å². The third kappa shape index (κ3) is 5.15. The largest absolute Gasteiger partial charge is 0.364 e. The van der Waals surface area contributed by atoms with Crippen molar-refractivity contribution in [3.05, 3.63) is 106 Å². The number of rotatable bonds is 5. The van der Waals surface area contributed by atoms with E-state index in [0.29, 0.717) is 36.4 Å². The maximum absolute atomic E-state index is 13.7. The summed E-state index contributed by atoms with van der Waals surface area (Å²) in [5, 5.41) is 9.42. The second-order valence-corrected chi connectivity index (χ2v) is 9.36. The van der Waals surface area contributed by atoms with E-state index in [1.807, 2.05) is 0 Å². The normalized spacial score (nSPS) is 15.9. The number of anilines is 1. The number of pyridine rings is 2. The Balaban J connectivity index is 0.00000336. The van der Waals surface area contributed by atoms with Crippen molar-refractivity contribution in [2.24, 2.45) is 7.05 Å². The van der Waals surface area contributed by atoms with Crippen LogP contribution in [0.3, 0.4) is 0 Å². The Morgan fingerprint density at radius 3 is 2.16 bits per heavy atom. The molecule has 3 heterocycles. The average molecular weight is 534 g/mol. The molecule has 1 atom stereocenters. The molecule has 0 saturated carbocycles. The predicted molar refractivity (Wildman–Crippen MR) is 150 cm³/mol. The van der Waals surface area contributed by atoms with Gasteiger partial charge in [0.05, 0.1) is 17.2 Å². The summed E-state index contributed by atoms with van der Waals surface area (Å²) in [7, 11) is 1.70. The highest BCUT2D eigenvalue weighted by molar-refractivity contribution is 7.59. The van der Waals surface area contributed by atoms with Crippen LogP contribution >= 0.6 is 13.5 Å². The molecule has 9 heteroatoms. The molecule has 6 nitrogen and oxygen atoms in total. The van der Waals surface area contributed by atoms with Crippen molar-refractivity contribution >= 4 is 30.2 Å². The first-order valence-corrected chi connectivity index (χ1v) is 12.3. The van der Waals surface area contributed by atoms with E-state index in [1.54, 1.807) is 54.1 Å². The van der Waals surface area contributed by atoms with Gasteiger partial charge in [-0.15, -0.1) is 0 Å². The Morgan fingerprint density at radius 1 is 1.00 bits per heavy atom. The zero-order chi connectivity index (χ0) is 26.1. The number of halogens is 2. The first-order chi connectivity index (χ1) is 17.9. The molecule has 0 amide bonds. The van der Waals surface area contributed by atoms with Gasteiger partial charge in [0.25, 0.3) is 5.56 Å². The standard InChI is InChI=1S/C29H27F2N5O.H2S/c1-3-24-18-35(29(19-4-8-21(30)9-5-19)20-6-10-22(31)11-7-20)14-15-36(24)26-16-27(37)34(2)25-13-12-23(17-32)33-28(25)26;/h4-13,16,24,29H,3,14-15,18H2,1-2H3;1H2/t24-;/m0./s1. The Kier molecular flexibility index (Phi) is 8.14. The van der Waals surface area contributed by atoms with E-state index in [0.717, 1.165) is 23.2 Å². The summed E-state index contributed by atoms with van der Waals surface area (Å²) in [6.45, 7) is 4.05. The minimum Gasteiger partial charge on any atom is -0.364 e. The predicted octanol–water partition coefficient (Wildman–Crippen LogP) is 4.89. The molecule has 0 aliphatic carbocycles. The van der Waals surface area contributed by atoms with Gasteiger partial charge in [-0.25, -0.2) is 13.8 Å². The smallest absolute Gasteiger partial charge is 0.252 e. The van der Waals surface area contributed by atoms with E-state index in [2.05, 4.69) is 27.8 Å². The molecule has 1 aliphatic rings. The summed E-state index contributed by atoms with van der Waals surface area (Å²) >= 11 is 0. The van der Waals surface area contributed by atoms with Gasteiger partial charge in [0.15, 0.2) is 0 Å². The van der Waals surface area contributed by atoms with Crippen LogP contribution in [0.15, 0.2) is 71.5 Å². The summed E-state index contributed by atoms with van der Waals surface area (Å²) in [5.74, 6) is -0.612. The molecule has 2 aromatic heterocycles. The molecule has 0 spiro atoms. The van der Waals surface area contributed by atoms with Gasteiger partial charge in [0, 0.05) is 38.8 Å². The van der Waals surface area contributed by atoms with Gasteiger partial charge in [0.2, 0.25) is 0 Å². The monoisotopic (exact) mass is 533 g/mol. The van der Waals surface area contributed by atoms with Crippen molar-refractivity contribution in [1.29, 1.82) is 5.26 Å². The zero-order valence-corrected chi connectivity index (χ0v) is 22.2. The fourth-order valence-electron chi connectivity index (χ4n) is 5.28. The van der Waals surface area contributed by atoms with Crippen molar-refractivity contribution in [2.45, 2.75) is 25.4 Å². The van der Waals surface area contributed by atoms with Crippen LogP contribution < -0.4 is 10.5 Å². The number of piperazine rings is 1. The first-order valence-electron chi connectivity index (χ1n) is 12.3. The lowest BCUT2D eigenvalue weighted by molar-refractivity contribution is 0.181. The van der Waals surface area contributed by atoms with Gasteiger partial charge >= 0.3 is 0 Å². The maximum Gasteiger partial charge on any atom is 0.252 e. The number of fused-ring (bicyclic) bond motifs is 1. The van der Waals surface area contributed by atoms with Gasteiger partial charge in [0.1, 0.15) is 28.9 Å². The maximum atomic E-state index is 13.7. The van der Waals surface area contributed by atoms with Crippen LogP contribution in [0.25, 0.3) is 11.0 Å². The lowest BCUT2D eigenvalue weighted by Gasteiger charge is -2.45. The van der Waals surface area contributed by atoms with Gasteiger partial charge in [-0.2, -0.15) is 18.8 Å². The third-order valence-corrected chi connectivity index (χ3v) is 7.21. The number of hydrogen-bond acceptors (Lipinski definition) is 5. The summed E-state index contributed by atoms with van der Waals surface area (Å²) < 4.78 is 29.0. The van der Waals surface area contributed by atoms with Crippen LogP contribution in [0.2, 0.25) is 0 Å². The molecular formula is C29H29F2N5OS. The molecule has 0 bridgehead atoms. The lowest BCUT2D eigenvalue weighted by Crippen LogP contribution is -2.54. The molecule has 196 valence electrons. The van der Waals surface area contributed by atoms with Crippen LogP contribution in [0, 0.1) is 23.0 Å². The number of aryl methyl sites for hydroxylation is 1. The summed E-state index contributed by atoms with van der Waals surface area (Å²) in [6, 6.07) is 19.9. The van der Waals surface area contributed by atoms with E-state index in [4.69, 9.17) is 0 Å². The van der Waals surface area contributed by atoms with Gasteiger partial charge in [-0.05, 0) is 53.9 Å². The number of benzene rings is 2. The van der Waals surface area contributed by atoms with Crippen molar-refractivity contribution in [3.63, 3.8) is 0 Å². The van der Waals surface area contributed by atoms with Gasteiger partial charge in [-0.3, -0.25) is 9.69 Å². The molecule has 1 aliphatic heterocycles. The second-order valence-electron chi connectivity index (χ2n) is 9.36. The van der Waals surface area contributed by atoms with Crippen LogP contribution in [0.1, 0.15) is 36.2 Å². The minimum atomic E-state index is -0.306. The highest BCUT2D eigenvalue weighted by Gasteiger charge is 2.33. The Labute approximate surface area is 227 Å². The number of nitriles is 1. The van der Waals surface area contributed by atoms with Crippen LogP contribution in [0.5, 0.6) is 0 Å². The average Bonchev–Trinajstić information content (AvgIpc) is 2.92. The molecule has 0 radical (unpaired) electrons. The number of nitrogens with zero attached hydrogens (tertiary/aromatic N) is 5. The van der Waals surface area contributed by atoms with Gasteiger partial charge in [-0.1, -0.05) is 31.2 Å². The quantitative estimate of drug-likeness (QED) is 0.366. The molecule has 4 aromatic rings. The minimum absolute atomic E-state index is 0. The van der Waals surface area contributed by atoms with E-state index >= 15 is 0 Å². The molecule has 1 fully saturated rings. The highest BCUT2D eigenvalue weighted by Crippen LogP contribution is 2.34. The topological polar surface area (TPSA) is 65.2 Å². The second kappa shape index (κ2) is 11.3. The van der Waals surface area contributed by atoms with Crippen molar-refractivity contribution in [3.8, 4) is 6.07 Å². The molecular weight excluding hydrogens is 504 g/mol. The number of aromatic nitrogens is 2. The van der Waals surface area contributed by atoms with E-state index in [-0.39, 0.29) is 42.8 Å². The van der Waals surface area contributed by atoms with E-state index in [9.17, 15) is 18.8 Å². The summed E-state index contributed by atoms with van der Waals surface area (Å²) in [6.07, 6.45) is 0.810. The SMILES string of the molecule is CC[C@H]1CN(C(c2ccc(F)cc2)c2ccc(F)cc2)CCN1c1cc(=O)n(C)c2ccc(C#N)nc12.S. The van der Waals surface area contributed by atoms with Crippen LogP contribution in [-0.4, -0.2) is 40.1 Å². The molecule has 5 rings (SSSR count). The fraction of sp³-hybridized carbons (Fsp3) is 0.276. The zero-order valence-electron chi connectivity index (χ0n) is 21.2. The Hall–Kier alpha value is -3.74. The molecule has 0 unspecified atom stereocenters. The van der Waals surface area contributed by atoms with Gasteiger partial charge < -0.3 is 9.47 Å². The molecule has 1 saturated heterocycles. The van der Waals surface area contributed by atoms with Crippen LogP contribution in [0.4, 0.5) is 14.5 Å². The number of hydrogen-bond donors (Lipinski definition) is 0. The van der Waals surface area contributed by atoms with E-state index < -0.39 is 0 Å². The molecule has 2 aromatic carbocycles. The van der Waals surface area contributed by atoms with Crippen molar-refractivity contribution < 1.29 is 8.78 Å². The third-order valence-electron chi connectivity index (χ3n) is 7.21. The first kappa shape index (κ1) is 27.3. The lowest BCUT2D eigenvalue weighted by atomic mass is 9.94. The summed E-state index contributed by atoms with van der Waals surface area (Å²) in [5.41, 5.74) is 4.04. The summed E-state index contributed by atoms with van der Waals surface area (Å²) in [4.78, 5) is 21.9. The highest BCUT2D eigenvalue weighted by atomic mass is 32.1.